The molecule has 1 unspecified atom stereocenters. The minimum Gasteiger partial charge on any atom is -0.481 e. The summed E-state index contributed by atoms with van der Waals surface area (Å²) in [6, 6.07) is 0. The van der Waals surface area contributed by atoms with Crippen molar-refractivity contribution in [3.05, 3.63) is 0 Å². The predicted molar refractivity (Wildman–Crippen MR) is 40.4 cm³/mol. The van der Waals surface area contributed by atoms with Crippen molar-refractivity contribution in [1.29, 1.82) is 0 Å². The second kappa shape index (κ2) is 2.21. The fraction of sp³-hybridized carbons (Fsp3) is 0.750. The number of rotatable bonds is 2. The van der Waals surface area contributed by atoms with Gasteiger partial charge in [-0.05, 0) is 18.8 Å². The highest BCUT2D eigenvalue weighted by atomic mass is 16.4. The van der Waals surface area contributed by atoms with E-state index in [2.05, 4.69) is 5.32 Å². The quantitative estimate of drug-likeness (QED) is 0.610. The number of carboxylic acid groups (broad SMARTS) is 1. The molecular weight excluding hydrogens is 158 g/mol. The van der Waals surface area contributed by atoms with Crippen molar-refractivity contribution in [1.82, 2.24) is 5.32 Å². The normalized spacial score (nSPS) is 34.8. The van der Waals surface area contributed by atoms with Gasteiger partial charge in [0.05, 0.1) is 5.41 Å². The van der Waals surface area contributed by atoms with Crippen LogP contribution < -0.4 is 5.32 Å². The van der Waals surface area contributed by atoms with Crippen LogP contribution in [0.1, 0.15) is 19.3 Å². The first-order chi connectivity index (χ1) is 5.65. The van der Waals surface area contributed by atoms with Gasteiger partial charge in [-0.15, -0.1) is 0 Å². The SMILES string of the molecule is O=C1CC(C(=O)O)(C2CC2)CN1. The van der Waals surface area contributed by atoms with Crippen LogP contribution in [0.5, 0.6) is 0 Å². The van der Waals surface area contributed by atoms with Crippen molar-refractivity contribution in [2.75, 3.05) is 6.54 Å². The Labute approximate surface area is 69.9 Å². The number of carboxylic acids is 1. The molecule has 0 bridgehead atoms. The number of hydrogen-bond acceptors (Lipinski definition) is 2. The lowest BCUT2D eigenvalue weighted by atomic mass is 9.82. The fourth-order valence-corrected chi connectivity index (χ4v) is 1.92. The van der Waals surface area contributed by atoms with Gasteiger partial charge in [0.1, 0.15) is 0 Å². The van der Waals surface area contributed by atoms with Crippen molar-refractivity contribution in [3.8, 4) is 0 Å². The average Bonchev–Trinajstić information content (AvgIpc) is 2.76. The van der Waals surface area contributed by atoms with Gasteiger partial charge >= 0.3 is 5.97 Å². The standard InChI is InChI=1S/C8H11NO3/c10-6-3-8(4-9-6,7(11)12)5-1-2-5/h5H,1-4H2,(H,9,10)(H,11,12). The zero-order chi connectivity index (χ0) is 8.77. The number of carbonyl (C=O) groups excluding carboxylic acids is 1. The molecule has 1 heterocycles. The van der Waals surface area contributed by atoms with Crippen molar-refractivity contribution in [2.45, 2.75) is 19.3 Å². The minimum absolute atomic E-state index is 0.121. The molecule has 2 aliphatic rings. The maximum Gasteiger partial charge on any atom is 0.312 e. The van der Waals surface area contributed by atoms with E-state index in [-0.39, 0.29) is 18.2 Å². The summed E-state index contributed by atoms with van der Waals surface area (Å²) in [5.41, 5.74) is -0.767. The lowest BCUT2D eigenvalue weighted by Crippen LogP contribution is -2.35. The topological polar surface area (TPSA) is 66.4 Å². The van der Waals surface area contributed by atoms with E-state index in [1.165, 1.54) is 0 Å². The third-order valence-electron chi connectivity index (χ3n) is 2.86. The van der Waals surface area contributed by atoms with E-state index in [9.17, 15) is 9.59 Å². The Morgan fingerprint density at radius 1 is 1.58 bits per heavy atom. The van der Waals surface area contributed by atoms with E-state index in [0.29, 0.717) is 6.54 Å². The summed E-state index contributed by atoms with van der Waals surface area (Å²) >= 11 is 0. The highest BCUT2D eigenvalue weighted by Gasteiger charge is 2.55. The van der Waals surface area contributed by atoms with Gasteiger partial charge in [-0.1, -0.05) is 0 Å². The average molecular weight is 169 g/mol. The van der Waals surface area contributed by atoms with Gasteiger partial charge in [0.2, 0.25) is 5.91 Å². The van der Waals surface area contributed by atoms with Crippen LogP contribution in [0.4, 0.5) is 0 Å². The number of carbonyl (C=O) groups is 2. The predicted octanol–water partition coefficient (Wildman–Crippen LogP) is -0.0127. The Morgan fingerprint density at radius 3 is 2.58 bits per heavy atom. The molecule has 2 fully saturated rings. The van der Waals surface area contributed by atoms with Crippen molar-refractivity contribution in [2.24, 2.45) is 11.3 Å². The minimum atomic E-state index is -0.816. The highest BCUT2D eigenvalue weighted by molar-refractivity contribution is 5.89. The van der Waals surface area contributed by atoms with Crippen LogP contribution in [0.25, 0.3) is 0 Å². The van der Waals surface area contributed by atoms with E-state index < -0.39 is 11.4 Å². The van der Waals surface area contributed by atoms with Crippen LogP contribution in [-0.2, 0) is 9.59 Å². The van der Waals surface area contributed by atoms with E-state index in [1.54, 1.807) is 0 Å². The molecule has 1 saturated carbocycles. The summed E-state index contributed by atoms with van der Waals surface area (Å²) in [5.74, 6) is -0.707. The zero-order valence-corrected chi connectivity index (χ0v) is 6.67. The lowest BCUT2D eigenvalue weighted by Gasteiger charge is -2.20. The molecule has 1 amide bonds. The summed E-state index contributed by atoms with van der Waals surface area (Å²) < 4.78 is 0. The van der Waals surface area contributed by atoms with Crippen LogP contribution in [0.3, 0.4) is 0 Å². The maximum atomic E-state index is 11.0. The van der Waals surface area contributed by atoms with Gasteiger partial charge in [-0.3, -0.25) is 9.59 Å². The molecule has 4 nitrogen and oxygen atoms in total. The Kier molecular flexibility index (Phi) is 1.40. The molecule has 4 heteroatoms. The lowest BCUT2D eigenvalue weighted by molar-refractivity contribution is -0.150. The van der Waals surface area contributed by atoms with Crippen LogP contribution in [0.15, 0.2) is 0 Å². The Hall–Kier alpha value is -1.06. The van der Waals surface area contributed by atoms with Crippen LogP contribution in [0.2, 0.25) is 0 Å². The number of amides is 1. The summed E-state index contributed by atoms with van der Waals surface area (Å²) in [6.45, 7) is 0.325. The molecule has 0 spiro atoms. The molecule has 1 aliphatic carbocycles. The third kappa shape index (κ3) is 0.906. The molecule has 2 N–H and O–H groups in total. The van der Waals surface area contributed by atoms with Crippen LogP contribution in [0, 0.1) is 11.3 Å². The number of nitrogens with one attached hydrogen (secondary N) is 1. The third-order valence-corrected chi connectivity index (χ3v) is 2.86. The zero-order valence-electron chi connectivity index (χ0n) is 6.67. The molecule has 12 heavy (non-hydrogen) atoms. The molecule has 66 valence electrons. The monoisotopic (exact) mass is 169 g/mol. The first-order valence-corrected chi connectivity index (χ1v) is 4.15. The van der Waals surface area contributed by atoms with Gasteiger partial charge < -0.3 is 10.4 Å². The summed E-state index contributed by atoms with van der Waals surface area (Å²) in [7, 11) is 0. The van der Waals surface area contributed by atoms with Crippen molar-refractivity contribution in [3.63, 3.8) is 0 Å². The second-order valence-electron chi connectivity index (χ2n) is 3.69. The molecule has 0 aromatic heterocycles. The smallest absolute Gasteiger partial charge is 0.312 e. The Balaban J connectivity index is 2.22. The van der Waals surface area contributed by atoms with E-state index >= 15 is 0 Å². The van der Waals surface area contributed by atoms with Gasteiger partial charge in [0.25, 0.3) is 0 Å². The van der Waals surface area contributed by atoms with Crippen molar-refractivity contribution >= 4 is 11.9 Å². The van der Waals surface area contributed by atoms with Gasteiger partial charge in [0, 0.05) is 13.0 Å². The van der Waals surface area contributed by atoms with Crippen LogP contribution >= 0.6 is 0 Å². The van der Waals surface area contributed by atoms with Gasteiger partial charge in [-0.2, -0.15) is 0 Å². The molecule has 1 atom stereocenters. The summed E-state index contributed by atoms with van der Waals surface area (Å²) in [5, 5.41) is 11.6. The molecule has 1 aliphatic heterocycles. The Morgan fingerprint density at radius 2 is 2.25 bits per heavy atom. The van der Waals surface area contributed by atoms with E-state index in [1.807, 2.05) is 0 Å². The number of aliphatic carboxylic acids is 1. The highest BCUT2D eigenvalue weighted by Crippen LogP contribution is 2.49. The van der Waals surface area contributed by atoms with Gasteiger partial charge in [-0.25, -0.2) is 0 Å². The first kappa shape index (κ1) is 7.58. The largest absolute Gasteiger partial charge is 0.481 e. The molecule has 0 radical (unpaired) electrons. The summed E-state index contributed by atoms with van der Waals surface area (Å²) in [6.07, 6.45) is 2.09. The molecule has 0 aromatic carbocycles. The van der Waals surface area contributed by atoms with E-state index in [0.717, 1.165) is 12.8 Å². The molecule has 1 saturated heterocycles. The van der Waals surface area contributed by atoms with E-state index in [4.69, 9.17) is 5.11 Å². The second-order valence-corrected chi connectivity index (χ2v) is 3.69. The maximum absolute atomic E-state index is 11.0. The Bertz CT molecular complexity index is 247. The molecule has 2 rings (SSSR count). The number of hydrogen-bond donors (Lipinski definition) is 2. The van der Waals surface area contributed by atoms with Crippen LogP contribution in [-0.4, -0.2) is 23.5 Å². The van der Waals surface area contributed by atoms with Crippen molar-refractivity contribution < 1.29 is 14.7 Å². The molecule has 0 aromatic rings. The molecular formula is C8H11NO3. The fourth-order valence-electron chi connectivity index (χ4n) is 1.92. The first-order valence-electron chi connectivity index (χ1n) is 4.15. The summed E-state index contributed by atoms with van der Waals surface area (Å²) in [4.78, 5) is 21.9. The van der Waals surface area contributed by atoms with Gasteiger partial charge in [0.15, 0.2) is 0 Å².